The topological polar surface area (TPSA) is 12.0 Å². The van der Waals surface area contributed by atoms with E-state index >= 15 is 0 Å². The maximum Gasteiger partial charge on any atom is 0.0207 e. The number of benzene rings is 2. The van der Waals surface area contributed by atoms with Crippen LogP contribution in [0.25, 0.3) is 0 Å². The number of rotatable bonds is 3. The van der Waals surface area contributed by atoms with Crippen molar-refractivity contribution in [2.45, 2.75) is 33.4 Å². The fraction of sp³-hybridized carbons (Fsp3) is 0.294. The van der Waals surface area contributed by atoms with E-state index in [0.29, 0.717) is 6.04 Å². The Hall–Kier alpha value is -1.31. The molecule has 1 nitrogen and oxygen atoms in total. The SMILES string of the molecule is CC(C)NCc1ccccc1.Cc1ccccc1.Cl. The molecule has 0 spiro atoms. The van der Waals surface area contributed by atoms with Crippen molar-refractivity contribution in [1.29, 1.82) is 0 Å². The first-order valence-corrected chi connectivity index (χ1v) is 6.47. The number of hydrogen-bond acceptors (Lipinski definition) is 1. The zero-order chi connectivity index (χ0) is 13.2. The zero-order valence-corrected chi connectivity index (χ0v) is 12.8. The van der Waals surface area contributed by atoms with Gasteiger partial charge in [-0.2, -0.15) is 0 Å². The highest BCUT2D eigenvalue weighted by atomic mass is 35.5. The summed E-state index contributed by atoms with van der Waals surface area (Å²) in [5.74, 6) is 0. The minimum Gasteiger partial charge on any atom is -0.310 e. The Morgan fingerprint density at radius 3 is 1.68 bits per heavy atom. The van der Waals surface area contributed by atoms with Crippen molar-refractivity contribution in [3.05, 3.63) is 71.8 Å². The monoisotopic (exact) mass is 277 g/mol. The largest absolute Gasteiger partial charge is 0.310 e. The van der Waals surface area contributed by atoms with Crippen molar-refractivity contribution in [3.63, 3.8) is 0 Å². The molecule has 0 atom stereocenters. The summed E-state index contributed by atoms with van der Waals surface area (Å²) in [6, 6.07) is 21.3. The van der Waals surface area contributed by atoms with Gasteiger partial charge in [0, 0.05) is 12.6 Å². The van der Waals surface area contributed by atoms with E-state index in [1.54, 1.807) is 0 Å². The smallest absolute Gasteiger partial charge is 0.0207 e. The fourth-order valence-electron chi connectivity index (χ4n) is 1.45. The van der Waals surface area contributed by atoms with Gasteiger partial charge in [0.1, 0.15) is 0 Å². The molecule has 2 rings (SSSR count). The second-order valence-electron chi connectivity index (χ2n) is 4.68. The standard InChI is InChI=1S/C10H15N.C7H8.ClH/c1-9(2)11-8-10-6-4-3-5-7-10;1-7-5-3-2-4-6-7;/h3-7,9,11H,8H2,1-2H3;2-6H,1H3;1H. The van der Waals surface area contributed by atoms with Gasteiger partial charge in [-0.3, -0.25) is 0 Å². The normalized spacial score (nSPS) is 9.26. The molecule has 2 heteroatoms. The van der Waals surface area contributed by atoms with Crippen molar-refractivity contribution in [2.75, 3.05) is 0 Å². The molecule has 0 saturated carbocycles. The van der Waals surface area contributed by atoms with Gasteiger partial charge < -0.3 is 5.32 Å². The van der Waals surface area contributed by atoms with Crippen LogP contribution >= 0.6 is 12.4 Å². The molecular formula is C17H24ClN. The molecular weight excluding hydrogens is 254 g/mol. The van der Waals surface area contributed by atoms with E-state index in [4.69, 9.17) is 0 Å². The third-order valence-electron chi connectivity index (χ3n) is 2.50. The number of aryl methyl sites for hydroxylation is 1. The molecule has 2 aromatic carbocycles. The van der Waals surface area contributed by atoms with Gasteiger partial charge in [-0.1, -0.05) is 80.1 Å². The lowest BCUT2D eigenvalue weighted by Gasteiger charge is -2.06. The van der Waals surface area contributed by atoms with E-state index in [1.807, 2.05) is 24.3 Å². The first kappa shape index (κ1) is 17.7. The molecule has 0 heterocycles. The van der Waals surface area contributed by atoms with Gasteiger partial charge in [-0.15, -0.1) is 12.4 Å². The van der Waals surface area contributed by atoms with Gasteiger partial charge in [-0.25, -0.2) is 0 Å². The molecule has 0 aliphatic rings. The molecule has 0 aromatic heterocycles. The van der Waals surface area contributed by atoms with Crippen molar-refractivity contribution >= 4 is 12.4 Å². The van der Waals surface area contributed by atoms with Gasteiger partial charge in [0.05, 0.1) is 0 Å². The minimum absolute atomic E-state index is 0. The maximum absolute atomic E-state index is 3.36. The highest BCUT2D eigenvalue weighted by Crippen LogP contribution is 1.97. The van der Waals surface area contributed by atoms with E-state index in [1.165, 1.54) is 11.1 Å². The predicted molar refractivity (Wildman–Crippen MR) is 86.8 cm³/mol. The lowest BCUT2D eigenvalue weighted by atomic mass is 10.2. The lowest BCUT2D eigenvalue weighted by molar-refractivity contribution is 0.589. The second kappa shape index (κ2) is 10.6. The molecule has 104 valence electrons. The van der Waals surface area contributed by atoms with E-state index in [-0.39, 0.29) is 12.4 Å². The van der Waals surface area contributed by atoms with Crippen molar-refractivity contribution in [2.24, 2.45) is 0 Å². The Balaban J connectivity index is 0.000000352. The van der Waals surface area contributed by atoms with Gasteiger partial charge in [0.25, 0.3) is 0 Å². The Morgan fingerprint density at radius 2 is 1.32 bits per heavy atom. The van der Waals surface area contributed by atoms with Crippen LogP contribution in [-0.2, 0) is 6.54 Å². The van der Waals surface area contributed by atoms with Crippen molar-refractivity contribution < 1.29 is 0 Å². The van der Waals surface area contributed by atoms with Crippen LogP contribution in [0.2, 0.25) is 0 Å². The highest BCUT2D eigenvalue weighted by molar-refractivity contribution is 5.85. The lowest BCUT2D eigenvalue weighted by Crippen LogP contribution is -2.21. The molecule has 1 N–H and O–H groups in total. The highest BCUT2D eigenvalue weighted by Gasteiger charge is 1.92. The molecule has 0 aliphatic heterocycles. The predicted octanol–water partition coefficient (Wildman–Crippen LogP) is 4.60. The van der Waals surface area contributed by atoms with E-state index < -0.39 is 0 Å². The average Bonchev–Trinajstić information content (AvgIpc) is 2.39. The molecule has 0 saturated heterocycles. The van der Waals surface area contributed by atoms with Crippen LogP contribution in [0.5, 0.6) is 0 Å². The third-order valence-corrected chi connectivity index (χ3v) is 2.50. The molecule has 0 unspecified atom stereocenters. The summed E-state index contributed by atoms with van der Waals surface area (Å²) >= 11 is 0. The minimum atomic E-state index is 0. The molecule has 2 aromatic rings. The summed E-state index contributed by atoms with van der Waals surface area (Å²) in [4.78, 5) is 0. The van der Waals surface area contributed by atoms with Crippen LogP contribution < -0.4 is 5.32 Å². The number of nitrogens with one attached hydrogen (secondary N) is 1. The third kappa shape index (κ3) is 9.29. The summed E-state index contributed by atoms with van der Waals surface area (Å²) in [5, 5.41) is 3.36. The number of hydrogen-bond donors (Lipinski definition) is 1. The summed E-state index contributed by atoms with van der Waals surface area (Å²) < 4.78 is 0. The quantitative estimate of drug-likeness (QED) is 0.864. The summed E-state index contributed by atoms with van der Waals surface area (Å²) in [6.07, 6.45) is 0. The van der Waals surface area contributed by atoms with Crippen LogP contribution in [0.15, 0.2) is 60.7 Å². The van der Waals surface area contributed by atoms with Crippen LogP contribution in [0.3, 0.4) is 0 Å². The van der Waals surface area contributed by atoms with E-state index in [0.717, 1.165) is 6.54 Å². The van der Waals surface area contributed by atoms with Crippen molar-refractivity contribution in [3.8, 4) is 0 Å². The summed E-state index contributed by atoms with van der Waals surface area (Å²) in [7, 11) is 0. The van der Waals surface area contributed by atoms with E-state index in [2.05, 4.69) is 62.5 Å². The van der Waals surface area contributed by atoms with Gasteiger partial charge in [-0.05, 0) is 12.5 Å². The molecule has 0 aliphatic carbocycles. The Labute approximate surface area is 123 Å². The van der Waals surface area contributed by atoms with Crippen LogP contribution in [0.4, 0.5) is 0 Å². The maximum atomic E-state index is 3.36. The van der Waals surface area contributed by atoms with Crippen molar-refractivity contribution in [1.82, 2.24) is 5.32 Å². The first-order chi connectivity index (χ1) is 8.68. The van der Waals surface area contributed by atoms with Gasteiger partial charge in [0.2, 0.25) is 0 Å². The Bertz CT molecular complexity index is 412. The Morgan fingerprint density at radius 1 is 0.842 bits per heavy atom. The fourth-order valence-corrected chi connectivity index (χ4v) is 1.45. The second-order valence-corrected chi connectivity index (χ2v) is 4.68. The molecule has 0 radical (unpaired) electrons. The first-order valence-electron chi connectivity index (χ1n) is 6.47. The van der Waals surface area contributed by atoms with Gasteiger partial charge >= 0.3 is 0 Å². The van der Waals surface area contributed by atoms with E-state index in [9.17, 15) is 0 Å². The van der Waals surface area contributed by atoms with Gasteiger partial charge in [0.15, 0.2) is 0 Å². The summed E-state index contributed by atoms with van der Waals surface area (Å²) in [6.45, 7) is 7.37. The van der Waals surface area contributed by atoms with Crippen LogP contribution in [0.1, 0.15) is 25.0 Å². The zero-order valence-electron chi connectivity index (χ0n) is 12.0. The molecule has 0 fully saturated rings. The molecule has 0 bridgehead atoms. The Kier molecular flexibility index (Phi) is 9.87. The number of halogens is 1. The molecule has 0 amide bonds. The van der Waals surface area contributed by atoms with Crippen LogP contribution in [0, 0.1) is 6.92 Å². The average molecular weight is 278 g/mol. The molecule has 19 heavy (non-hydrogen) atoms. The van der Waals surface area contributed by atoms with Crippen LogP contribution in [-0.4, -0.2) is 6.04 Å². The summed E-state index contributed by atoms with van der Waals surface area (Å²) in [5.41, 5.74) is 2.67.